The number of rotatable bonds is 9. The minimum atomic E-state index is 0.908. The monoisotopic (exact) mass is 483 g/mol. The second-order valence-electron chi connectivity index (χ2n) is 6.11. The van der Waals surface area contributed by atoms with E-state index >= 15 is 0 Å². The van der Waals surface area contributed by atoms with E-state index in [9.17, 15) is 0 Å². The Morgan fingerprint density at radius 1 is 0.960 bits per heavy atom. The normalized spacial score (nSPS) is 11.8. The van der Waals surface area contributed by atoms with E-state index in [4.69, 9.17) is 0 Å². The number of aryl methyl sites for hydroxylation is 1. The van der Waals surface area contributed by atoms with Crippen LogP contribution < -0.4 is 0 Å². The van der Waals surface area contributed by atoms with Gasteiger partial charge in [0.25, 0.3) is 0 Å². The topological polar surface area (TPSA) is 37.6 Å². The quantitative estimate of drug-likeness (QED) is 0.171. The third kappa shape index (κ3) is 5.82. The van der Waals surface area contributed by atoms with Crippen LogP contribution in [0.25, 0.3) is 9.53 Å². The van der Waals surface area contributed by atoms with Crippen LogP contribution in [0.15, 0.2) is 40.6 Å². The molecule has 0 aliphatic rings. The number of benzene rings is 1. The van der Waals surface area contributed by atoms with Crippen LogP contribution in [0.4, 0.5) is 10.7 Å². The molecule has 25 heavy (non-hydrogen) atoms. The highest BCUT2D eigenvalue weighted by Gasteiger charge is 2.06. The Labute approximate surface area is 170 Å². The molecule has 132 valence electrons. The van der Waals surface area contributed by atoms with Crippen molar-refractivity contribution in [3.05, 3.63) is 38.9 Å². The summed E-state index contributed by atoms with van der Waals surface area (Å²) < 4.78 is 2.26. The van der Waals surface area contributed by atoms with Crippen molar-refractivity contribution in [3.8, 4) is 0 Å². The third-order valence-electron chi connectivity index (χ3n) is 4.07. The second kappa shape index (κ2) is 9.73. The van der Waals surface area contributed by atoms with Crippen molar-refractivity contribution in [2.45, 2.75) is 51.9 Å². The van der Waals surface area contributed by atoms with Crippen molar-refractivity contribution in [1.82, 2.24) is 4.98 Å². The molecule has 0 bridgehead atoms. The number of aromatic nitrogens is 1. The number of thiophene rings is 1. The predicted molar refractivity (Wildman–Crippen MR) is 118 cm³/mol. The van der Waals surface area contributed by atoms with Crippen LogP contribution in [0.5, 0.6) is 0 Å². The molecule has 3 nitrogen and oxygen atoms in total. The fourth-order valence-corrected chi connectivity index (χ4v) is 5.57. The molecule has 0 amide bonds. The zero-order valence-electron chi connectivity index (χ0n) is 14.4. The molecule has 0 radical (unpaired) electrons. The summed E-state index contributed by atoms with van der Waals surface area (Å²) in [6, 6.07) is 10.5. The summed E-state index contributed by atoms with van der Waals surface area (Å²) >= 11 is 5.54. The van der Waals surface area contributed by atoms with E-state index in [-0.39, 0.29) is 0 Å². The molecule has 0 unspecified atom stereocenters. The van der Waals surface area contributed by atoms with Gasteiger partial charge in [0.1, 0.15) is 9.83 Å². The number of nitrogens with zero attached hydrogens (tertiary/aromatic N) is 3. The molecular formula is C19H22IN3S2. The van der Waals surface area contributed by atoms with Gasteiger partial charge < -0.3 is 0 Å². The third-order valence-corrected chi connectivity index (χ3v) is 6.80. The molecule has 1 aromatic carbocycles. The number of fused-ring (bicyclic) bond motifs is 1. The maximum Gasteiger partial charge on any atom is 0.156 e. The summed E-state index contributed by atoms with van der Waals surface area (Å²) in [7, 11) is 0. The number of azo groups is 1. The number of halogens is 1. The van der Waals surface area contributed by atoms with Crippen LogP contribution in [0.2, 0.25) is 0 Å². The molecule has 2 heterocycles. The Kier molecular flexibility index (Phi) is 7.36. The molecule has 0 saturated heterocycles. The summed E-state index contributed by atoms with van der Waals surface area (Å²) in [4.78, 5) is 5.53. The molecule has 3 rings (SSSR count). The van der Waals surface area contributed by atoms with E-state index in [0.29, 0.717) is 0 Å². The Bertz CT molecular complexity index is 789. The Balaban J connectivity index is 1.49. The highest BCUT2D eigenvalue weighted by molar-refractivity contribution is 14.1. The van der Waals surface area contributed by atoms with Gasteiger partial charge in [0.15, 0.2) is 3.01 Å². The average molecular weight is 483 g/mol. The lowest BCUT2D eigenvalue weighted by Gasteiger charge is -2.02. The lowest BCUT2D eigenvalue weighted by molar-refractivity contribution is 0.607. The second-order valence-corrected chi connectivity index (χ2v) is 9.90. The minimum Gasteiger partial charge on any atom is -0.219 e. The molecule has 0 saturated carbocycles. The fraction of sp³-hybridized carbons (Fsp3) is 0.421. The van der Waals surface area contributed by atoms with E-state index in [1.807, 2.05) is 0 Å². The van der Waals surface area contributed by atoms with E-state index in [1.165, 1.54) is 48.8 Å². The van der Waals surface area contributed by atoms with Gasteiger partial charge in [-0.25, -0.2) is 4.98 Å². The van der Waals surface area contributed by atoms with E-state index in [2.05, 4.69) is 75.1 Å². The first-order chi connectivity index (χ1) is 12.2. The lowest BCUT2D eigenvalue weighted by atomic mass is 10.0. The molecular weight excluding hydrogens is 461 g/mol. The van der Waals surface area contributed by atoms with Gasteiger partial charge in [0, 0.05) is 0 Å². The standard InChI is InChI=1S/C19H22IN3S2/c1-2-3-4-5-6-7-8-14-9-11-15(12-10-14)22-23-17-13-16-18(25-17)21-19(20)24-16/h9-13H,2-8H2,1H3. The Morgan fingerprint density at radius 3 is 2.48 bits per heavy atom. The van der Waals surface area contributed by atoms with Crippen LogP contribution in [0.1, 0.15) is 51.0 Å². The maximum atomic E-state index is 4.47. The molecule has 0 N–H and O–H groups in total. The van der Waals surface area contributed by atoms with Gasteiger partial charge in [-0.15, -0.1) is 21.6 Å². The van der Waals surface area contributed by atoms with Gasteiger partial charge in [-0.2, -0.15) is 0 Å². The van der Waals surface area contributed by atoms with Crippen LogP contribution in [0, 0.1) is 3.01 Å². The molecule has 6 heteroatoms. The Hall–Kier alpha value is -0.860. The summed E-state index contributed by atoms with van der Waals surface area (Å²) in [6.07, 6.45) is 9.21. The van der Waals surface area contributed by atoms with E-state index in [0.717, 1.165) is 25.0 Å². The largest absolute Gasteiger partial charge is 0.219 e. The first-order valence-electron chi connectivity index (χ1n) is 8.81. The van der Waals surface area contributed by atoms with Gasteiger partial charge in [-0.3, -0.25) is 0 Å². The van der Waals surface area contributed by atoms with Gasteiger partial charge in [-0.1, -0.05) is 62.5 Å². The van der Waals surface area contributed by atoms with Gasteiger partial charge in [0.05, 0.1) is 10.4 Å². The first kappa shape index (κ1) is 18.9. The summed E-state index contributed by atoms with van der Waals surface area (Å²) in [5, 5.41) is 9.63. The highest BCUT2D eigenvalue weighted by atomic mass is 127. The maximum absolute atomic E-state index is 4.47. The number of unbranched alkanes of at least 4 members (excludes halogenated alkanes) is 5. The predicted octanol–water partition coefficient (Wildman–Crippen LogP) is 8.28. The Morgan fingerprint density at radius 2 is 1.72 bits per heavy atom. The van der Waals surface area contributed by atoms with Crippen molar-refractivity contribution in [1.29, 1.82) is 0 Å². The molecule has 0 atom stereocenters. The van der Waals surface area contributed by atoms with Gasteiger partial charge in [-0.05, 0) is 59.2 Å². The summed E-state index contributed by atoms with van der Waals surface area (Å²) in [5.74, 6) is 0. The van der Waals surface area contributed by atoms with Crippen molar-refractivity contribution in [2.24, 2.45) is 10.2 Å². The van der Waals surface area contributed by atoms with Gasteiger partial charge in [0.2, 0.25) is 0 Å². The van der Waals surface area contributed by atoms with Crippen LogP contribution >= 0.6 is 45.3 Å². The molecule has 0 aliphatic carbocycles. The van der Waals surface area contributed by atoms with Crippen LogP contribution in [-0.4, -0.2) is 4.98 Å². The zero-order valence-corrected chi connectivity index (χ0v) is 18.2. The minimum absolute atomic E-state index is 0.908. The van der Waals surface area contributed by atoms with Crippen molar-refractivity contribution < 1.29 is 0 Å². The van der Waals surface area contributed by atoms with Crippen molar-refractivity contribution in [2.75, 3.05) is 0 Å². The van der Waals surface area contributed by atoms with E-state index < -0.39 is 0 Å². The molecule has 0 aliphatic heterocycles. The number of thiazole rings is 1. The molecule has 0 spiro atoms. The van der Waals surface area contributed by atoms with Gasteiger partial charge >= 0.3 is 0 Å². The van der Waals surface area contributed by atoms with Crippen LogP contribution in [0.3, 0.4) is 0 Å². The molecule has 0 fully saturated rings. The number of hydrogen-bond donors (Lipinski definition) is 0. The van der Waals surface area contributed by atoms with Crippen LogP contribution in [-0.2, 0) is 6.42 Å². The van der Waals surface area contributed by atoms with Crippen molar-refractivity contribution >= 4 is 65.5 Å². The fourth-order valence-electron chi connectivity index (χ4n) is 2.69. The SMILES string of the molecule is CCCCCCCCc1ccc(N=Nc2cc3sc(I)nc3s2)cc1. The smallest absolute Gasteiger partial charge is 0.156 e. The summed E-state index contributed by atoms with van der Waals surface area (Å²) in [5.41, 5.74) is 2.30. The van der Waals surface area contributed by atoms with E-state index in [1.54, 1.807) is 22.7 Å². The number of hydrogen-bond acceptors (Lipinski definition) is 5. The lowest BCUT2D eigenvalue weighted by Crippen LogP contribution is -1.85. The van der Waals surface area contributed by atoms with Crippen molar-refractivity contribution in [3.63, 3.8) is 0 Å². The average Bonchev–Trinajstić information content (AvgIpc) is 3.14. The summed E-state index contributed by atoms with van der Waals surface area (Å²) in [6.45, 7) is 2.26. The highest BCUT2D eigenvalue weighted by Crippen LogP contribution is 2.36. The molecule has 2 aromatic heterocycles. The molecule has 3 aromatic rings. The zero-order chi connectivity index (χ0) is 17.5. The first-order valence-corrected chi connectivity index (χ1v) is 11.5.